The third-order valence-electron chi connectivity index (χ3n) is 2.51. The van der Waals surface area contributed by atoms with Crippen molar-refractivity contribution in [2.45, 2.75) is 24.8 Å². The number of anilines is 1. The standard InChI is InChI=1S/C11H15N3O2S/c1-2-3-6-12-9-4-5-10-13-7-11(17(15)16)14(10)8-9/h4-5,7-8,12H,2-3,6H2,1H3,(H,15,16). The first-order valence-corrected chi connectivity index (χ1v) is 6.65. The van der Waals surface area contributed by atoms with E-state index in [1.807, 2.05) is 12.1 Å². The second kappa shape index (κ2) is 5.29. The zero-order valence-corrected chi connectivity index (χ0v) is 10.4. The molecule has 0 saturated carbocycles. The third-order valence-corrected chi connectivity index (χ3v) is 3.17. The van der Waals surface area contributed by atoms with Gasteiger partial charge in [0.2, 0.25) is 11.1 Å². The van der Waals surface area contributed by atoms with E-state index in [1.54, 1.807) is 10.6 Å². The van der Waals surface area contributed by atoms with Crippen molar-refractivity contribution in [1.29, 1.82) is 0 Å². The summed E-state index contributed by atoms with van der Waals surface area (Å²) < 4.78 is 21.8. The van der Waals surface area contributed by atoms with Crippen LogP contribution in [0.4, 0.5) is 5.69 Å². The van der Waals surface area contributed by atoms with Gasteiger partial charge in [0, 0.05) is 12.7 Å². The van der Waals surface area contributed by atoms with Crippen molar-refractivity contribution in [3.05, 3.63) is 24.5 Å². The number of nitrogens with one attached hydrogen (secondary N) is 1. The van der Waals surface area contributed by atoms with Crippen LogP contribution in [0.1, 0.15) is 19.8 Å². The van der Waals surface area contributed by atoms with Crippen LogP contribution in [-0.4, -0.2) is 24.7 Å². The van der Waals surface area contributed by atoms with Gasteiger partial charge < -0.3 is 9.87 Å². The smallest absolute Gasteiger partial charge is 0.205 e. The minimum atomic E-state index is -2.02. The number of unbranched alkanes of at least 4 members (excludes halogenated alkanes) is 1. The Hall–Kier alpha value is -1.40. The third kappa shape index (κ3) is 2.65. The lowest BCUT2D eigenvalue weighted by molar-refractivity contribution is 0.559. The first kappa shape index (κ1) is 12.1. The summed E-state index contributed by atoms with van der Waals surface area (Å²) in [5.41, 5.74) is 1.60. The summed E-state index contributed by atoms with van der Waals surface area (Å²) in [6, 6.07) is 3.74. The summed E-state index contributed by atoms with van der Waals surface area (Å²) in [4.78, 5) is 4.06. The number of nitrogens with zero attached hydrogens (tertiary/aromatic N) is 2. The summed E-state index contributed by atoms with van der Waals surface area (Å²) in [7, 11) is 0. The number of pyridine rings is 1. The highest BCUT2D eigenvalue weighted by molar-refractivity contribution is 7.79. The van der Waals surface area contributed by atoms with Gasteiger partial charge in [-0.05, 0) is 18.6 Å². The normalized spacial score (nSPS) is 12.8. The molecule has 17 heavy (non-hydrogen) atoms. The van der Waals surface area contributed by atoms with E-state index in [2.05, 4.69) is 17.2 Å². The Morgan fingerprint density at radius 1 is 1.53 bits per heavy atom. The first-order valence-electron chi connectivity index (χ1n) is 5.54. The molecule has 0 aliphatic heterocycles. The van der Waals surface area contributed by atoms with Gasteiger partial charge in [-0.2, -0.15) is 0 Å². The maximum absolute atomic E-state index is 11.1. The lowest BCUT2D eigenvalue weighted by Crippen LogP contribution is -2.03. The Labute approximate surface area is 102 Å². The molecule has 0 spiro atoms. The average molecular weight is 253 g/mol. The van der Waals surface area contributed by atoms with Crippen LogP contribution in [0.25, 0.3) is 5.65 Å². The Kier molecular flexibility index (Phi) is 3.75. The van der Waals surface area contributed by atoms with Crippen LogP contribution in [-0.2, 0) is 11.1 Å². The predicted octanol–water partition coefficient (Wildman–Crippen LogP) is 2.13. The molecule has 0 fully saturated rings. The van der Waals surface area contributed by atoms with Crippen LogP contribution in [0.5, 0.6) is 0 Å². The predicted molar refractivity (Wildman–Crippen MR) is 67.6 cm³/mol. The van der Waals surface area contributed by atoms with Crippen molar-refractivity contribution in [2.24, 2.45) is 0 Å². The van der Waals surface area contributed by atoms with E-state index in [1.165, 1.54) is 6.20 Å². The molecule has 92 valence electrons. The SMILES string of the molecule is CCCCNc1ccc2ncc(S(=O)O)n2c1. The van der Waals surface area contributed by atoms with Gasteiger partial charge in [-0.15, -0.1) is 0 Å². The van der Waals surface area contributed by atoms with E-state index >= 15 is 0 Å². The highest BCUT2D eigenvalue weighted by atomic mass is 32.2. The molecule has 0 aromatic carbocycles. The van der Waals surface area contributed by atoms with Gasteiger partial charge in [-0.3, -0.25) is 4.40 Å². The van der Waals surface area contributed by atoms with E-state index in [-0.39, 0.29) is 0 Å². The highest BCUT2D eigenvalue weighted by Gasteiger charge is 2.08. The fourth-order valence-corrected chi connectivity index (χ4v) is 2.06. The minimum Gasteiger partial charge on any atom is -0.384 e. The molecule has 2 N–H and O–H groups in total. The van der Waals surface area contributed by atoms with Crippen LogP contribution in [0.2, 0.25) is 0 Å². The van der Waals surface area contributed by atoms with Gasteiger partial charge in [0.05, 0.1) is 11.9 Å². The number of hydrogen-bond acceptors (Lipinski definition) is 3. The zero-order chi connectivity index (χ0) is 12.3. The summed E-state index contributed by atoms with van der Waals surface area (Å²) in [6.45, 7) is 3.03. The summed E-state index contributed by atoms with van der Waals surface area (Å²) >= 11 is -2.02. The molecular formula is C11H15N3O2S. The molecule has 2 aromatic rings. The Morgan fingerprint density at radius 3 is 3.06 bits per heavy atom. The second-order valence-corrected chi connectivity index (χ2v) is 4.69. The van der Waals surface area contributed by atoms with Gasteiger partial charge >= 0.3 is 0 Å². The molecule has 1 unspecified atom stereocenters. The van der Waals surface area contributed by atoms with Gasteiger partial charge in [0.1, 0.15) is 5.65 Å². The van der Waals surface area contributed by atoms with Gasteiger partial charge in [-0.25, -0.2) is 9.19 Å². The molecule has 0 radical (unpaired) electrons. The Morgan fingerprint density at radius 2 is 2.35 bits per heavy atom. The van der Waals surface area contributed by atoms with Gasteiger partial charge in [0.15, 0.2) is 5.03 Å². The van der Waals surface area contributed by atoms with Crippen molar-refractivity contribution < 1.29 is 8.76 Å². The topological polar surface area (TPSA) is 66.6 Å². The van der Waals surface area contributed by atoms with Crippen molar-refractivity contribution in [3.8, 4) is 0 Å². The fraction of sp³-hybridized carbons (Fsp3) is 0.364. The monoisotopic (exact) mass is 253 g/mol. The summed E-state index contributed by atoms with van der Waals surface area (Å²) in [5.74, 6) is 0. The number of aromatic nitrogens is 2. The molecule has 0 aliphatic rings. The van der Waals surface area contributed by atoms with Crippen LogP contribution >= 0.6 is 0 Å². The van der Waals surface area contributed by atoms with E-state index in [0.29, 0.717) is 10.7 Å². The quantitative estimate of drug-likeness (QED) is 0.633. The van der Waals surface area contributed by atoms with Gasteiger partial charge in [0.25, 0.3) is 0 Å². The molecule has 1 atom stereocenters. The van der Waals surface area contributed by atoms with Crippen LogP contribution in [0, 0.1) is 0 Å². The average Bonchev–Trinajstić information content (AvgIpc) is 2.72. The molecule has 0 bridgehead atoms. The molecule has 5 nitrogen and oxygen atoms in total. The number of rotatable bonds is 5. The fourth-order valence-electron chi connectivity index (χ4n) is 1.60. The molecule has 0 aliphatic carbocycles. The van der Waals surface area contributed by atoms with Crippen LogP contribution in [0.3, 0.4) is 0 Å². The molecule has 0 amide bonds. The molecule has 0 saturated heterocycles. The largest absolute Gasteiger partial charge is 0.384 e. The molecular weight excluding hydrogens is 238 g/mol. The van der Waals surface area contributed by atoms with Crippen molar-refractivity contribution >= 4 is 22.4 Å². The lowest BCUT2D eigenvalue weighted by atomic mass is 10.3. The van der Waals surface area contributed by atoms with Crippen molar-refractivity contribution in [2.75, 3.05) is 11.9 Å². The van der Waals surface area contributed by atoms with E-state index < -0.39 is 11.1 Å². The lowest BCUT2D eigenvalue weighted by Gasteiger charge is -2.06. The number of fused-ring (bicyclic) bond motifs is 1. The van der Waals surface area contributed by atoms with E-state index in [0.717, 1.165) is 25.1 Å². The number of imidazole rings is 1. The summed E-state index contributed by atoms with van der Waals surface area (Å²) in [6.07, 6.45) is 5.44. The maximum atomic E-state index is 11.1. The number of hydrogen-bond donors (Lipinski definition) is 2. The molecule has 2 heterocycles. The van der Waals surface area contributed by atoms with E-state index in [9.17, 15) is 4.21 Å². The summed E-state index contributed by atoms with van der Waals surface area (Å²) in [5, 5.41) is 3.56. The second-order valence-electron chi connectivity index (χ2n) is 3.77. The van der Waals surface area contributed by atoms with Crippen LogP contribution < -0.4 is 5.32 Å². The Bertz CT molecular complexity index is 538. The first-order chi connectivity index (χ1) is 8.22. The minimum absolute atomic E-state index is 0.291. The molecule has 6 heteroatoms. The van der Waals surface area contributed by atoms with Gasteiger partial charge in [-0.1, -0.05) is 13.3 Å². The zero-order valence-electron chi connectivity index (χ0n) is 9.59. The van der Waals surface area contributed by atoms with Crippen molar-refractivity contribution in [1.82, 2.24) is 9.38 Å². The molecule has 2 aromatic heterocycles. The van der Waals surface area contributed by atoms with Crippen LogP contribution in [0.15, 0.2) is 29.6 Å². The molecule has 2 rings (SSSR count). The van der Waals surface area contributed by atoms with Crippen molar-refractivity contribution in [3.63, 3.8) is 0 Å². The highest BCUT2D eigenvalue weighted by Crippen LogP contribution is 2.14. The Balaban J connectivity index is 2.28. The van der Waals surface area contributed by atoms with E-state index in [4.69, 9.17) is 4.55 Å². The maximum Gasteiger partial charge on any atom is 0.205 e.